The molecule has 0 rings (SSSR count). The average molecular weight is 270 g/mol. The summed E-state index contributed by atoms with van der Waals surface area (Å²) in [6.45, 7) is 5.50. The van der Waals surface area contributed by atoms with Gasteiger partial charge in [0, 0.05) is 0 Å². The summed E-state index contributed by atoms with van der Waals surface area (Å²) in [7, 11) is 0. The molecule has 0 fully saturated rings. The van der Waals surface area contributed by atoms with Crippen LogP contribution in [0, 0.1) is 6.08 Å². The molecule has 0 aliphatic rings. The Hall–Kier alpha value is -0.102. The van der Waals surface area contributed by atoms with E-state index >= 15 is 0 Å². The molecule has 0 spiro atoms. The fourth-order valence-corrected chi connectivity index (χ4v) is 0. The molecule has 0 saturated heterocycles. The van der Waals surface area contributed by atoms with Crippen molar-refractivity contribution < 1.29 is 31.0 Å². The third kappa shape index (κ3) is 8670. The van der Waals surface area contributed by atoms with Gasteiger partial charge < -0.3 is 16.0 Å². The van der Waals surface area contributed by atoms with Crippen molar-refractivity contribution in [2.24, 2.45) is 0 Å². The molecule has 0 aliphatic heterocycles. The molecule has 0 aromatic carbocycles. The zero-order valence-electron chi connectivity index (χ0n) is 3.97. The Bertz CT molecular complexity index is 30.7. The third-order valence-electron chi connectivity index (χ3n) is 0. The summed E-state index contributed by atoms with van der Waals surface area (Å²) in [5.74, 6) is 0. The number of allylic oxidation sites excluding steroid dienone is 1. The van der Waals surface area contributed by atoms with Crippen molar-refractivity contribution in [3.05, 3.63) is 12.7 Å². The van der Waals surface area contributed by atoms with Crippen LogP contribution in [0.1, 0.15) is 6.92 Å². The van der Waals surface area contributed by atoms with E-state index in [2.05, 4.69) is 12.7 Å². The average Bonchev–Trinajstić information content (AvgIpc) is 1.39. The molecule has 7 heavy (non-hydrogen) atoms. The van der Waals surface area contributed by atoms with Gasteiger partial charge in [-0.25, -0.2) is 0 Å². The first-order chi connectivity index (χ1) is 2.83. The Morgan fingerprint density at radius 2 is 1.71 bits per heavy atom. The molecule has 0 aliphatic carbocycles. The van der Waals surface area contributed by atoms with Crippen molar-refractivity contribution in [3.8, 4) is 0 Å². The topological polar surface area (TPSA) is 37.3 Å². The SMILES string of the molecule is C=[C-]C.O=[C-]O.[W+2]. The summed E-state index contributed by atoms with van der Waals surface area (Å²) >= 11 is 0. The van der Waals surface area contributed by atoms with Crippen LogP contribution in [-0.2, 0) is 25.9 Å². The van der Waals surface area contributed by atoms with E-state index in [0.717, 1.165) is 0 Å². The predicted molar refractivity (Wildman–Crippen MR) is 22.9 cm³/mol. The van der Waals surface area contributed by atoms with Crippen molar-refractivity contribution in [3.63, 3.8) is 0 Å². The van der Waals surface area contributed by atoms with Gasteiger partial charge in [-0.15, -0.1) is 0 Å². The van der Waals surface area contributed by atoms with Gasteiger partial charge in [0.15, 0.2) is 0 Å². The minimum absolute atomic E-state index is 0. The Morgan fingerprint density at radius 3 is 1.71 bits per heavy atom. The zero-order chi connectivity index (χ0) is 5.41. The van der Waals surface area contributed by atoms with Gasteiger partial charge in [-0.05, 0) is 0 Å². The minimum atomic E-state index is 0. The van der Waals surface area contributed by atoms with Crippen molar-refractivity contribution in [1.29, 1.82) is 0 Å². The molecule has 40 valence electrons. The summed E-state index contributed by atoms with van der Waals surface area (Å²) in [6, 6.07) is 0. The Labute approximate surface area is 57.5 Å². The quantitative estimate of drug-likeness (QED) is 0.654. The van der Waals surface area contributed by atoms with Crippen LogP contribution >= 0.6 is 0 Å². The summed E-state index contributed by atoms with van der Waals surface area (Å²) < 4.78 is 0. The van der Waals surface area contributed by atoms with Crippen LogP contribution in [-0.4, -0.2) is 11.6 Å². The van der Waals surface area contributed by atoms with Gasteiger partial charge in [0.2, 0.25) is 0 Å². The summed E-state index contributed by atoms with van der Waals surface area (Å²) in [5, 5.41) is 6.76. The van der Waals surface area contributed by atoms with Gasteiger partial charge in [0.05, 0.1) is 0 Å². The van der Waals surface area contributed by atoms with E-state index in [1.54, 1.807) is 6.92 Å². The van der Waals surface area contributed by atoms with Gasteiger partial charge in [-0.2, -0.15) is 6.92 Å². The number of rotatable bonds is 0. The van der Waals surface area contributed by atoms with E-state index in [1.165, 1.54) is 0 Å². The van der Waals surface area contributed by atoms with Crippen molar-refractivity contribution in [1.82, 2.24) is 0 Å². The fourth-order valence-electron chi connectivity index (χ4n) is 0. The van der Waals surface area contributed by atoms with Crippen molar-refractivity contribution in [2.75, 3.05) is 0 Å². The normalized spacial score (nSPS) is 3.57. The molecule has 0 aromatic heterocycles. The predicted octanol–water partition coefficient (Wildman–Crippen LogP) is 0.605. The van der Waals surface area contributed by atoms with E-state index in [4.69, 9.17) is 9.90 Å². The van der Waals surface area contributed by atoms with Gasteiger partial charge in [-0.1, -0.05) is 6.47 Å². The summed E-state index contributed by atoms with van der Waals surface area (Å²) in [6.07, 6.45) is 2.50. The van der Waals surface area contributed by atoms with Gasteiger partial charge in [0.25, 0.3) is 0 Å². The van der Waals surface area contributed by atoms with Crippen molar-refractivity contribution >= 4 is 6.47 Å². The molecule has 0 atom stereocenters. The van der Waals surface area contributed by atoms with Crippen LogP contribution in [0.4, 0.5) is 0 Å². The fraction of sp³-hybridized carbons (Fsp3) is 0.250. The van der Waals surface area contributed by atoms with Crippen LogP contribution in [0.25, 0.3) is 0 Å². The zero-order valence-corrected chi connectivity index (χ0v) is 6.90. The number of hydrogen-bond acceptors (Lipinski definition) is 1. The van der Waals surface area contributed by atoms with E-state index in [0.29, 0.717) is 6.47 Å². The maximum Gasteiger partial charge on any atom is 2.00 e. The number of aliphatic hydroxyl groups excluding tert-OH is 1. The summed E-state index contributed by atoms with van der Waals surface area (Å²) in [5.41, 5.74) is 0. The second-order valence-electron chi connectivity index (χ2n) is 0.445. The summed E-state index contributed by atoms with van der Waals surface area (Å²) in [4.78, 5) is 8.24. The molecule has 0 unspecified atom stereocenters. The van der Waals surface area contributed by atoms with Crippen LogP contribution in [0.2, 0.25) is 0 Å². The van der Waals surface area contributed by atoms with E-state index in [-0.39, 0.29) is 21.1 Å². The molecule has 0 bridgehead atoms. The Balaban J connectivity index is -0.0000000400. The first-order valence-electron chi connectivity index (χ1n) is 1.28. The second-order valence-corrected chi connectivity index (χ2v) is 0.445. The van der Waals surface area contributed by atoms with E-state index < -0.39 is 0 Å². The molecule has 2 nitrogen and oxygen atoms in total. The standard InChI is InChI=1S/C3H5.CHO2.W/c1-3-2;2-1-3;/h1H2,2H3;(H,2,3);/q2*-1;+2. The van der Waals surface area contributed by atoms with Gasteiger partial charge in [-0.3, -0.25) is 6.58 Å². The first-order valence-corrected chi connectivity index (χ1v) is 1.28. The molecular weight excluding hydrogens is 264 g/mol. The van der Waals surface area contributed by atoms with Crippen LogP contribution in [0.3, 0.4) is 0 Å². The number of hydrogen-bond donors (Lipinski definition) is 1. The molecule has 0 aromatic rings. The Kier molecular flexibility index (Phi) is 88.6. The smallest absolute Gasteiger partial charge is 0.665 e. The maximum atomic E-state index is 8.24. The van der Waals surface area contributed by atoms with Crippen molar-refractivity contribution in [2.45, 2.75) is 6.92 Å². The maximum absolute atomic E-state index is 8.24. The monoisotopic (exact) mass is 270 g/mol. The first kappa shape index (κ1) is 15.8. The molecule has 3 heteroatoms. The van der Waals surface area contributed by atoms with Crippen LogP contribution < -0.4 is 0 Å². The molecule has 0 saturated carbocycles. The molecule has 0 radical (unpaired) electrons. The second kappa shape index (κ2) is 39.3. The molecular formula is C4H6O2W. The van der Waals surface area contributed by atoms with Crippen LogP contribution in [0.15, 0.2) is 6.58 Å². The molecule has 0 heterocycles. The Morgan fingerprint density at radius 1 is 1.71 bits per heavy atom. The van der Waals surface area contributed by atoms with E-state index in [9.17, 15) is 0 Å². The molecule has 0 amide bonds. The molecule has 1 N–H and O–H groups in total. The minimum Gasteiger partial charge on any atom is -0.665 e. The van der Waals surface area contributed by atoms with Gasteiger partial charge in [0.1, 0.15) is 0 Å². The van der Waals surface area contributed by atoms with E-state index in [1.807, 2.05) is 0 Å². The van der Waals surface area contributed by atoms with Gasteiger partial charge >= 0.3 is 21.1 Å². The van der Waals surface area contributed by atoms with Crippen LogP contribution in [0.5, 0.6) is 0 Å². The third-order valence-corrected chi connectivity index (χ3v) is 0. The largest absolute Gasteiger partial charge is 2.00 e.